The number of rotatable bonds is 6. The van der Waals surface area contributed by atoms with Gasteiger partial charge in [-0.2, -0.15) is 5.10 Å². The number of hydrogen-bond donors (Lipinski definition) is 2. The molecule has 2 rings (SSSR count). The van der Waals surface area contributed by atoms with Crippen LogP contribution in [0.1, 0.15) is 18.1 Å². The van der Waals surface area contributed by atoms with Gasteiger partial charge in [-0.3, -0.25) is 4.68 Å². The number of nitrogens with zero attached hydrogens (tertiary/aromatic N) is 2. The van der Waals surface area contributed by atoms with Crippen LogP contribution in [0.3, 0.4) is 0 Å². The number of benzene rings is 1. The van der Waals surface area contributed by atoms with Crippen LogP contribution in [0.15, 0.2) is 36.7 Å². The fourth-order valence-corrected chi connectivity index (χ4v) is 2.44. The highest BCUT2D eigenvalue weighted by atomic mass is 35.5. The van der Waals surface area contributed by atoms with Crippen molar-refractivity contribution in [3.05, 3.63) is 52.8 Å². The Labute approximate surface area is 123 Å². The molecule has 0 aliphatic carbocycles. The monoisotopic (exact) mass is 294 g/mol. The van der Waals surface area contributed by atoms with Crippen molar-refractivity contribution in [3.63, 3.8) is 0 Å². The van der Waals surface area contributed by atoms with Crippen molar-refractivity contribution in [2.24, 2.45) is 0 Å². The second-order valence-corrected chi connectivity index (χ2v) is 5.42. The first-order valence-electron chi connectivity index (χ1n) is 6.62. The zero-order chi connectivity index (χ0) is 14.6. The summed E-state index contributed by atoms with van der Waals surface area (Å²) in [6.07, 6.45) is 4.25. The number of halogens is 1. The van der Waals surface area contributed by atoms with Crippen molar-refractivity contribution in [2.45, 2.75) is 25.3 Å². The molecule has 0 saturated heterocycles. The van der Waals surface area contributed by atoms with Crippen molar-refractivity contribution in [1.29, 1.82) is 0 Å². The Hall–Kier alpha value is -1.36. The normalized spacial score (nSPS) is 11.8. The second kappa shape index (κ2) is 6.39. The fraction of sp³-hybridized carbons (Fsp3) is 0.400. The molecule has 2 aromatic rings. The van der Waals surface area contributed by atoms with E-state index in [1.54, 1.807) is 18.3 Å². The second-order valence-electron chi connectivity index (χ2n) is 4.98. The molecule has 0 amide bonds. The quantitative estimate of drug-likeness (QED) is 0.857. The first-order valence-corrected chi connectivity index (χ1v) is 7.00. The van der Waals surface area contributed by atoms with Gasteiger partial charge in [0.05, 0.1) is 19.4 Å². The number of aromatic nitrogens is 2. The van der Waals surface area contributed by atoms with E-state index < -0.39 is 5.41 Å². The highest BCUT2D eigenvalue weighted by Crippen LogP contribution is 2.29. The molecule has 1 aromatic heterocycles. The third kappa shape index (κ3) is 3.03. The molecule has 0 bridgehead atoms. The summed E-state index contributed by atoms with van der Waals surface area (Å²) in [6, 6.07) is 7.23. The Bertz CT molecular complexity index is 547. The van der Waals surface area contributed by atoms with Crippen molar-refractivity contribution in [3.8, 4) is 0 Å². The van der Waals surface area contributed by atoms with Gasteiger partial charge in [-0.25, -0.2) is 0 Å². The Morgan fingerprint density at radius 2 is 1.85 bits per heavy atom. The van der Waals surface area contributed by atoms with Crippen LogP contribution in [0.2, 0.25) is 5.02 Å². The Kier molecular flexibility index (Phi) is 4.81. The molecule has 0 aliphatic heterocycles. The van der Waals surface area contributed by atoms with Crippen LogP contribution in [-0.4, -0.2) is 33.2 Å². The van der Waals surface area contributed by atoms with Gasteiger partial charge in [0.15, 0.2) is 0 Å². The summed E-state index contributed by atoms with van der Waals surface area (Å²) in [4.78, 5) is 0. The number of aryl methyl sites for hydroxylation is 1. The standard InChI is InChI=1S/C15H19ClN2O2/c1-2-18-9-12(8-17-18)7-15(10-19,11-20)13-3-5-14(16)6-4-13/h3-6,8-9,19-20H,2,7,10-11H2,1H3. The SMILES string of the molecule is CCn1cc(CC(CO)(CO)c2ccc(Cl)cc2)cn1. The topological polar surface area (TPSA) is 58.3 Å². The lowest BCUT2D eigenvalue weighted by Gasteiger charge is -2.30. The van der Waals surface area contributed by atoms with Crippen LogP contribution in [0.4, 0.5) is 0 Å². The minimum atomic E-state index is -0.716. The maximum atomic E-state index is 9.80. The van der Waals surface area contributed by atoms with Gasteiger partial charge in [0.1, 0.15) is 0 Å². The summed E-state index contributed by atoms with van der Waals surface area (Å²) >= 11 is 5.89. The van der Waals surface area contributed by atoms with Gasteiger partial charge in [0.2, 0.25) is 0 Å². The van der Waals surface area contributed by atoms with Gasteiger partial charge in [-0.1, -0.05) is 23.7 Å². The van der Waals surface area contributed by atoms with Crippen LogP contribution < -0.4 is 0 Å². The lowest BCUT2D eigenvalue weighted by molar-refractivity contribution is 0.116. The maximum absolute atomic E-state index is 9.80. The molecule has 0 unspecified atom stereocenters. The summed E-state index contributed by atoms with van der Waals surface area (Å²) in [6.45, 7) is 2.54. The molecule has 5 heteroatoms. The molecule has 108 valence electrons. The number of aliphatic hydroxyl groups excluding tert-OH is 2. The van der Waals surface area contributed by atoms with E-state index in [9.17, 15) is 10.2 Å². The largest absolute Gasteiger partial charge is 0.395 e. The van der Waals surface area contributed by atoms with E-state index in [1.807, 2.05) is 29.9 Å². The molecular weight excluding hydrogens is 276 g/mol. The van der Waals surface area contributed by atoms with Gasteiger partial charge in [-0.15, -0.1) is 0 Å². The van der Waals surface area contributed by atoms with E-state index in [0.717, 1.165) is 17.7 Å². The molecule has 0 spiro atoms. The summed E-state index contributed by atoms with van der Waals surface area (Å²) in [5, 5.41) is 24.5. The minimum absolute atomic E-state index is 0.136. The lowest BCUT2D eigenvalue weighted by atomic mass is 9.77. The highest BCUT2D eigenvalue weighted by Gasteiger charge is 2.31. The van der Waals surface area contributed by atoms with Crippen LogP contribution in [0, 0.1) is 0 Å². The summed E-state index contributed by atoms with van der Waals surface area (Å²) in [5.74, 6) is 0. The number of aliphatic hydroxyl groups is 2. The molecule has 2 N–H and O–H groups in total. The summed E-state index contributed by atoms with van der Waals surface area (Å²) in [5.41, 5.74) is 1.15. The van der Waals surface area contributed by atoms with Gasteiger partial charge < -0.3 is 10.2 Å². The average Bonchev–Trinajstić information content (AvgIpc) is 2.93. The van der Waals surface area contributed by atoms with Crippen LogP contribution in [-0.2, 0) is 18.4 Å². The van der Waals surface area contributed by atoms with Gasteiger partial charge in [-0.05, 0) is 36.6 Å². The Morgan fingerprint density at radius 3 is 2.35 bits per heavy atom. The van der Waals surface area contributed by atoms with E-state index in [-0.39, 0.29) is 13.2 Å². The average molecular weight is 295 g/mol. The first-order chi connectivity index (χ1) is 9.63. The van der Waals surface area contributed by atoms with Crippen LogP contribution in [0.25, 0.3) is 0 Å². The zero-order valence-corrected chi connectivity index (χ0v) is 12.2. The first kappa shape index (κ1) is 15.0. The van der Waals surface area contributed by atoms with Crippen molar-refractivity contribution in [2.75, 3.05) is 13.2 Å². The number of hydrogen-bond acceptors (Lipinski definition) is 3. The van der Waals surface area contributed by atoms with E-state index in [1.165, 1.54) is 0 Å². The van der Waals surface area contributed by atoms with E-state index in [2.05, 4.69) is 5.10 Å². The van der Waals surface area contributed by atoms with Gasteiger partial charge in [0.25, 0.3) is 0 Å². The molecule has 0 atom stereocenters. The molecule has 1 heterocycles. The Morgan fingerprint density at radius 1 is 1.20 bits per heavy atom. The van der Waals surface area contributed by atoms with Crippen molar-refractivity contribution in [1.82, 2.24) is 9.78 Å². The smallest absolute Gasteiger partial charge is 0.0553 e. The third-order valence-electron chi connectivity index (χ3n) is 3.62. The fourth-order valence-electron chi connectivity index (χ4n) is 2.31. The molecular formula is C15H19ClN2O2. The van der Waals surface area contributed by atoms with Crippen LogP contribution >= 0.6 is 11.6 Å². The predicted octanol–water partition coefficient (Wildman–Crippen LogP) is 2.02. The van der Waals surface area contributed by atoms with Gasteiger partial charge in [0, 0.05) is 23.2 Å². The van der Waals surface area contributed by atoms with E-state index in [4.69, 9.17) is 11.6 Å². The molecule has 0 fully saturated rings. The van der Waals surface area contributed by atoms with E-state index in [0.29, 0.717) is 11.4 Å². The van der Waals surface area contributed by atoms with Crippen molar-refractivity contribution >= 4 is 11.6 Å². The highest BCUT2D eigenvalue weighted by molar-refractivity contribution is 6.30. The van der Waals surface area contributed by atoms with E-state index >= 15 is 0 Å². The zero-order valence-electron chi connectivity index (χ0n) is 11.5. The van der Waals surface area contributed by atoms with Gasteiger partial charge >= 0.3 is 0 Å². The van der Waals surface area contributed by atoms with Crippen molar-refractivity contribution < 1.29 is 10.2 Å². The maximum Gasteiger partial charge on any atom is 0.0553 e. The predicted molar refractivity (Wildman–Crippen MR) is 78.9 cm³/mol. The molecule has 0 radical (unpaired) electrons. The summed E-state index contributed by atoms with van der Waals surface area (Å²) in [7, 11) is 0. The lowest BCUT2D eigenvalue weighted by Crippen LogP contribution is -2.37. The Balaban J connectivity index is 2.31. The minimum Gasteiger partial charge on any atom is -0.395 e. The molecule has 20 heavy (non-hydrogen) atoms. The molecule has 0 saturated carbocycles. The molecule has 1 aromatic carbocycles. The summed E-state index contributed by atoms with van der Waals surface area (Å²) < 4.78 is 1.83. The third-order valence-corrected chi connectivity index (χ3v) is 3.87. The van der Waals surface area contributed by atoms with Crippen LogP contribution in [0.5, 0.6) is 0 Å². The molecule has 4 nitrogen and oxygen atoms in total. The molecule has 0 aliphatic rings.